The Hall–Kier alpha value is -2.70. The largest absolute Gasteiger partial charge is 0.371 e. The molecule has 2 aromatic rings. The SMILES string of the molecule is Cc1ccccc1N1C(=O)/C(=C/c2ccc3c(c2)CCN3CCCCl)C(=O)NC1=S. The fourth-order valence-corrected chi connectivity index (χ4v) is 4.31. The molecule has 0 aliphatic carbocycles. The van der Waals surface area contributed by atoms with E-state index >= 15 is 0 Å². The minimum atomic E-state index is -0.473. The van der Waals surface area contributed by atoms with E-state index < -0.39 is 11.8 Å². The van der Waals surface area contributed by atoms with Crippen LogP contribution in [0.4, 0.5) is 11.4 Å². The summed E-state index contributed by atoms with van der Waals surface area (Å²) in [5.74, 6) is -0.242. The molecule has 2 aliphatic rings. The zero-order chi connectivity index (χ0) is 21.3. The van der Waals surface area contributed by atoms with Gasteiger partial charge in [0.05, 0.1) is 5.69 Å². The quantitative estimate of drug-likeness (QED) is 0.333. The normalized spacial score (nSPS) is 17.5. The van der Waals surface area contributed by atoms with E-state index in [2.05, 4.69) is 22.3 Å². The number of fused-ring (bicyclic) bond motifs is 1. The van der Waals surface area contributed by atoms with Crippen LogP contribution >= 0.6 is 23.8 Å². The summed E-state index contributed by atoms with van der Waals surface area (Å²) in [5.41, 5.74) is 4.88. The van der Waals surface area contributed by atoms with Gasteiger partial charge in [0.2, 0.25) is 0 Å². The van der Waals surface area contributed by atoms with Crippen molar-refractivity contribution >= 4 is 58.2 Å². The van der Waals surface area contributed by atoms with E-state index in [9.17, 15) is 9.59 Å². The molecule has 7 heteroatoms. The summed E-state index contributed by atoms with van der Waals surface area (Å²) in [7, 11) is 0. The average Bonchev–Trinajstić information content (AvgIpc) is 3.13. The predicted octanol–water partition coefficient (Wildman–Crippen LogP) is 3.82. The number of nitrogens with one attached hydrogen (secondary N) is 1. The topological polar surface area (TPSA) is 52.7 Å². The highest BCUT2D eigenvalue weighted by molar-refractivity contribution is 7.80. The summed E-state index contributed by atoms with van der Waals surface area (Å²) in [4.78, 5) is 29.5. The van der Waals surface area contributed by atoms with Crippen LogP contribution in [-0.2, 0) is 16.0 Å². The van der Waals surface area contributed by atoms with Crippen LogP contribution in [-0.4, -0.2) is 35.9 Å². The fraction of sp³-hybridized carbons (Fsp3) is 0.261. The number of anilines is 2. The Bertz CT molecular complexity index is 1070. The second-order valence-electron chi connectivity index (χ2n) is 7.41. The molecule has 0 bridgehead atoms. The lowest BCUT2D eigenvalue weighted by atomic mass is 10.0. The molecular weight excluding hydrogens is 418 g/mol. The number of thiocarbonyl (C=S) groups is 1. The van der Waals surface area contributed by atoms with Crippen molar-refractivity contribution < 1.29 is 9.59 Å². The number of para-hydroxylation sites is 1. The Kier molecular flexibility index (Phi) is 5.88. The molecule has 5 nitrogen and oxygen atoms in total. The van der Waals surface area contributed by atoms with Crippen molar-refractivity contribution in [2.75, 3.05) is 28.8 Å². The summed E-state index contributed by atoms with van der Waals surface area (Å²) >= 11 is 11.1. The monoisotopic (exact) mass is 439 g/mol. The second kappa shape index (κ2) is 8.58. The maximum Gasteiger partial charge on any atom is 0.270 e. The van der Waals surface area contributed by atoms with Crippen LogP contribution in [0.25, 0.3) is 6.08 Å². The van der Waals surface area contributed by atoms with Crippen LogP contribution in [0.1, 0.15) is 23.1 Å². The summed E-state index contributed by atoms with van der Waals surface area (Å²) in [6, 6.07) is 13.5. The number of alkyl halides is 1. The van der Waals surface area contributed by atoms with Gasteiger partial charge >= 0.3 is 0 Å². The van der Waals surface area contributed by atoms with Crippen molar-refractivity contribution in [3.63, 3.8) is 0 Å². The predicted molar refractivity (Wildman–Crippen MR) is 125 cm³/mol. The molecule has 2 aliphatic heterocycles. The second-order valence-corrected chi connectivity index (χ2v) is 8.18. The first kappa shape index (κ1) is 20.6. The molecule has 1 fully saturated rings. The fourth-order valence-electron chi connectivity index (χ4n) is 3.92. The molecule has 30 heavy (non-hydrogen) atoms. The van der Waals surface area contributed by atoms with Crippen molar-refractivity contribution in [2.45, 2.75) is 19.8 Å². The van der Waals surface area contributed by atoms with Crippen molar-refractivity contribution in [2.24, 2.45) is 0 Å². The molecule has 154 valence electrons. The lowest BCUT2D eigenvalue weighted by molar-refractivity contribution is -0.122. The highest BCUT2D eigenvalue weighted by atomic mass is 35.5. The maximum absolute atomic E-state index is 13.2. The molecule has 1 saturated heterocycles. The Morgan fingerprint density at radius 1 is 1.17 bits per heavy atom. The van der Waals surface area contributed by atoms with Gasteiger partial charge in [-0.1, -0.05) is 24.3 Å². The lowest BCUT2D eigenvalue weighted by Crippen LogP contribution is -2.54. The van der Waals surface area contributed by atoms with Crippen LogP contribution in [0.5, 0.6) is 0 Å². The van der Waals surface area contributed by atoms with Gasteiger partial charge in [0.1, 0.15) is 5.57 Å². The minimum Gasteiger partial charge on any atom is -0.371 e. The molecule has 0 unspecified atom stereocenters. The van der Waals surface area contributed by atoms with Crippen molar-refractivity contribution in [3.05, 3.63) is 64.7 Å². The number of hydrogen-bond acceptors (Lipinski definition) is 4. The molecule has 2 heterocycles. The molecule has 0 radical (unpaired) electrons. The van der Waals surface area contributed by atoms with E-state index in [0.717, 1.165) is 37.1 Å². The van der Waals surface area contributed by atoms with Gasteiger partial charge in [0, 0.05) is 24.7 Å². The van der Waals surface area contributed by atoms with E-state index in [4.69, 9.17) is 23.8 Å². The lowest BCUT2D eigenvalue weighted by Gasteiger charge is -2.30. The van der Waals surface area contributed by atoms with Gasteiger partial charge in [-0.2, -0.15) is 0 Å². The molecule has 2 aromatic carbocycles. The Morgan fingerprint density at radius 3 is 2.73 bits per heavy atom. The first-order chi connectivity index (χ1) is 14.5. The molecular formula is C23H22ClN3O2S. The van der Waals surface area contributed by atoms with Crippen LogP contribution in [0.3, 0.4) is 0 Å². The smallest absolute Gasteiger partial charge is 0.270 e. The van der Waals surface area contributed by atoms with Crippen LogP contribution < -0.4 is 15.1 Å². The van der Waals surface area contributed by atoms with Crippen LogP contribution in [0.2, 0.25) is 0 Å². The van der Waals surface area contributed by atoms with E-state index in [0.29, 0.717) is 11.6 Å². The number of carbonyl (C=O) groups excluding carboxylic acids is 2. The third kappa shape index (κ3) is 3.85. The van der Waals surface area contributed by atoms with Gasteiger partial charge in [-0.3, -0.25) is 19.8 Å². The van der Waals surface area contributed by atoms with Crippen molar-refractivity contribution in [3.8, 4) is 0 Å². The zero-order valence-corrected chi connectivity index (χ0v) is 18.2. The molecule has 1 N–H and O–H groups in total. The highest BCUT2D eigenvalue weighted by Gasteiger charge is 2.35. The van der Waals surface area contributed by atoms with Gasteiger partial charge in [-0.15, -0.1) is 11.6 Å². The summed E-state index contributed by atoms with van der Waals surface area (Å²) in [6.45, 7) is 3.79. The van der Waals surface area contributed by atoms with Crippen LogP contribution in [0.15, 0.2) is 48.0 Å². The average molecular weight is 440 g/mol. The Balaban J connectivity index is 1.65. The number of amides is 2. The third-order valence-corrected chi connectivity index (χ3v) is 5.98. The van der Waals surface area contributed by atoms with E-state index in [1.165, 1.54) is 16.2 Å². The molecule has 0 aromatic heterocycles. The summed E-state index contributed by atoms with van der Waals surface area (Å²) < 4.78 is 0. The molecule has 4 rings (SSSR count). The molecule has 0 spiro atoms. The van der Waals surface area contributed by atoms with E-state index in [-0.39, 0.29) is 10.7 Å². The van der Waals surface area contributed by atoms with Gasteiger partial charge in [-0.05, 0) is 72.9 Å². The van der Waals surface area contributed by atoms with Gasteiger partial charge in [-0.25, -0.2) is 0 Å². The van der Waals surface area contributed by atoms with E-state index in [1.807, 2.05) is 37.3 Å². The Labute approximate surface area is 186 Å². The minimum absolute atomic E-state index is 0.0730. The maximum atomic E-state index is 13.2. The third-order valence-electron chi connectivity index (χ3n) is 5.43. The standard InChI is InChI=1S/C23H22ClN3O2S/c1-15-5-2-3-6-19(15)27-22(29)18(21(28)25-23(27)30)14-16-7-8-20-17(13-16)9-12-26(20)11-4-10-24/h2-3,5-8,13-14H,4,9-12H2,1H3,(H,25,28,30)/b18-14+. The first-order valence-electron chi connectivity index (χ1n) is 9.90. The number of carbonyl (C=O) groups is 2. The van der Waals surface area contributed by atoms with Crippen molar-refractivity contribution in [1.82, 2.24) is 5.32 Å². The summed E-state index contributed by atoms with van der Waals surface area (Å²) in [6.07, 6.45) is 3.52. The van der Waals surface area contributed by atoms with Gasteiger partial charge in [0.15, 0.2) is 5.11 Å². The molecule has 0 atom stereocenters. The number of benzene rings is 2. The number of aryl methyl sites for hydroxylation is 1. The van der Waals surface area contributed by atoms with Gasteiger partial charge < -0.3 is 4.90 Å². The molecule has 2 amide bonds. The summed E-state index contributed by atoms with van der Waals surface area (Å²) in [5, 5.41) is 2.74. The number of halogens is 1. The number of rotatable bonds is 5. The Morgan fingerprint density at radius 2 is 1.97 bits per heavy atom. The van der Waals surface area contributed by atoms with Crippen molar-refractivity contribution in [1.29, 1.82) is 0 Å². The number of hydrogen-bond donors (Lipinski definition) is 1. The van der Waals surface area contributed by atoms with Gasteiger partial charge in [0.25, 0.3) is 11.8 Å². The highest BCUT2D eigenvalue weighted by Crippen LogP contribution is 2.30. The first-order valence-corrected chi connectivity index (χ1v) is 10.8. The van der Waals surface area contributed by atoms with Crippen LogP contribution in [0, 0.1) is 6.92 Å². The molecule has 0 saturated carbocycles. The number of nitrogens with zero attached hydrogens (tertiary/aromatic N) is 2. The van der Waals surface area contributed by atoms with E-state index in [1.54, 1.807) is 6.08 Å². The zero-order valence-electron chi connectivity index (χ0n) is 16.7.